The van der Waals surface area contributed by atoms with Crippen molar-refractivity contribution in [3.05, 3.63) is 45.8 Å². The maximum Gasteiger partial charge on any atom is 0.330 e. The second-order valence-electron chi connectivity index (χ2n) is 7.12. The number of anilines is 2. The van der Waals surface area contributed by atoms with Crippen molar-refractivity contribution in [3.8, 4) is 0 Å². The lowest BCUT2D eigenvalue weighted by atomic mass is 10.1. The van der Waals surface area contributed by atoms with Gasteiger partial charge in [-0.3, -0.25) is 13.9 Å². The van der Waals surface area contributed by atoms with Gasteiger partial charge in [0.1, 0.15) is 11.3 Å². The minimum Gasteiger partial charge on any atom is -0.379 e. The molecule has 0 aliphatic carbocycles. The standard InChI is InChI=1S/C19H21FN6O3/c1-10-6-12(16(21)27)13(20)7-14(10)23-18-22-8-15-17(24-18)26(19(28)25(15)2)11-4-3-5-29-9-11/h6-8,11H,3-5,9H2,1-2H3,(H2,21,27)(H,22,23,24). The Bertz CT molecular complexity index is 1160. The highest BCUT2D eigenvalue weighted by atomic mass is 19.1. The maximum atomic E-state index is 14.2. The number of hydrogen-bond donors (Lipinski definition) is 2. The molecule has 1 saturated heterocycles. The topological polar surface area (TPSA) is 117 Å². The zero-order valence-electron chi connectivity index (χ0n) is 16.1. The number of aryl methyl sites for hydroxylation is 2. The van der Waals surface area contributed by atoms with Crippen molar-refractivity contribution in [1.29, 1.82) is 0 Å². The molecular formula is C19H21FN6O3. The van der Waals surface area contributed by atoms with E-state index in [9.17, 15) is 14.0 Å². The molecule has 1 aliphatic heterocycles. The van der Waals surface area contributed by atoms with Gasteiger partial charge in [-0.1, -0.05) is 0 Å². The van der Waals surface area contributed by atoms with Crippen molar-refractivity contribution in [2.24, 2.45) is 12.8 Å². The largest absolute Gasteiger partial charge is 0.379 e. The van der Waals surface area contributed by atoms with Gasteiger partial charge in [0.25, 0.3) is 5.91 Å². The molecule has 3 N–H and O–H groups in total. The van der Waals surface area contributed by atoms with Crippen molar-refractivity contribution < 1.29 is 13.9 Å². The van der Waals surface area contributed by atoms with Gasteiger partial charge in [0, 0.05) is 19.3 Å². The van der Waals surface area contributed by atoms with Gasteiger partial charge in [-0.2, -0.15) is 4.98 Å². The van der Waals surface area contributed by atoms with Crippen LogP contribution in [-0.2, 0) is 11.8 Å². The third-order valence-corrected chi connectivity index (χ3v) is 5.16. The number of rotatable bonds is 4. The molecule has 1 aliphatic rings. The summed E-state index contributed by atoms with van der Waals surface area (Å²) in [5.74, 6) is -1.36. The fourth-order valence-electron chi connectivity index (χ4n) is 3.58. The highest BCUT2D eigenvalue weighted by Gasteiger charge is 2.23. The third-order valence-electron chi connectivity index (χ3n) is 5.16. The van der Waals surface area contributed by atoms with Crippen molar-refractivity contribution in [2.45, 2.75) is 25.8 Å². The summed E-state index contributed by atoms with van der Waals surface area (Å²) in [6, 6.07) is 2.45. The number of fused-ring (bicyclic) bond motifs is 1. The number of nitrogens with one attached hydrogen (secondary N) is 1. The molecule has 4 rings (SSSR count). The second kappa shape index (κ2) is 7.28. The number of imidazole rings is 1. The van der Waals surface area contributed by atoms with E-state index < -0.39 is 11.7 Å². The smallest absolute Gasteiger partial charge is 0.330 e. The molecule has 3 aromatic rings. The Labute approximate surface area is 165 Å². The molecule has 29 heavy (non-hydrogen) atoms. The van der Waals surface area contributed by atoms with Gasteiger partial charge >= 0.3 is 5.69 Å². The number of nitrogens with two attached hydrogens (primary N) is 1. The van der Waals surface area contributed by atoms with Crippen LogP contribution >= 0.6 is 0 Å². The van der Waals surface area contributed by atoms with E-state index in [1.807, 2.05) is 0 Å². The van der Waals surface area contributed by atoms with Crippen LogP contribution in [0.3, 0.4) is 0 Å². The Balaban J connectivity index is 1.75. The highest BCUT2D eigenvalue weighted by Crippen LogP contribution is 2.25. The quantitative estimate of drug-likeness (QED) is 0.689. The summed E-state index contributed by atoms with van der Waals surface area (Å²) in [4.78, 5) is 32.8. The summed E-state index contributed by atoms with van der Waals surface area (Å²) in [5.41, 5.74) is 6.90. The summed E-state index contributed by atoms with van der Waals surface area (Å²) in [5, 5.41) is 2.96. The third kappa shape index (κ3) is 3.35. The van der Waals surface area contributed by atoms with Crippen LogP contribution in [0.5, 0.6) is 0 Å². The van der Waals surface area contributed by atoms with Gasteiger partial charge in [0.2, 0.25) is 5.95 Å². The van der Waals surface area contributed by atoms with Crippen molar-refractivity contribution in [1.82, 2.24) is 19.1 Å². The van der Waals surface area contributed by atoms with Crippen LogP contribution < -0.4 is 16.7 Å². The van der Waals surface area contributed by atoms with E-state index in [1.165, 1.54) is 16.7 Å². The van der Waals surface area contributed by atoms with Gasteiger partial charge < -0.3 is 15.8 Å². The summed E-state index contributed by atoms with van der Waals surface area (Å²) >= 11 is 0. The van der Waals surface area contributed by atoms with E-state index in [0.717, 1.165) is 12.8 Å². The average Bonchev–Trinajstić information content (AvgIpc) is 2.95. The number of hydrogen-bond acceptors (Lipinski definition) is 6. The van der Waals surface area contributed by atoms with E-state index in [-0.39, 0.29) is 23.2 Å². The molecule has 3 heterocycles. The van der Waals surface area contributed by atoms with Crippen LogP contribution in [0.15, 0.2) is 23.1 Å². The molecule has 0 radical (unpaired) electrons. The van der Waals surface area contributed by atoms with Crippen LogP contribution in [0.1, 0.15) is 34.8 Å². The SMILES string of the molecule is Cc1cc(C(N)=O)c(F)cc1Nc1ncc2c(n1)n(C1CCCOC1)c(=O)n2C. The normalized spacial score (nSPS) is 16.9. The summed E-state index contributed by atoms with van der Waals surface area (Å²) < 4.78 is 22.8. The first-order chi connectivity index (χ1) is 13.9. The first-order valence-corrected chi connectivity index (χ1v) is 9.25. The number of ether oxygens (including phenoxy) is 1. The average molecular weight is 400 g/mol. The van der Waals surface area contributed by atoms with Crippen molar-refractivity contribution in [3.63, 3.8) is 0 Å². The lowest BCUT2D eigenvalue weighted by Crippen LogP contribution is -2.31. The van der Waals surface area contributed by atoms with Crippen molar-refractivity contribution in [2.75, 3.05) is 18.5 Å². The van der Waals surface area contributed by atoms with Gasteiger partial charge in [-0.25, -0.2) is 14.2 Å². The molecule has 152 valence electrons. The number of carbonyl (C=O) groups excluding carboxylic acids is 1. The molecule has 1 fully saturated rings. The molecule has 1 unspecified atom stereocenters. The fourth-order valence-corrected chi connectivity index (χ4v) is 3.58. The first kappa shape index (κ1) is 19.1. The molecule has 1 atom stereocenters. The number of aromatic nitrogens is 4. The second-order valence-corrected chi connectivity index (χ2v) is 7.12. The van der Waals surface area contributed by atoms with E-state index in [2.05, 4.69) is 15.3 Å². The Morgan fingerprint density at radius 2 is 2.21 bits per heavy atom. The van der Waals surface area contributed by atoms with Crippen LogP contribution in [0.4, 0.5) is 16.0 Å². The van der Waals surface area contributed by atoms with Crippen LogP contribution in [-0.4, -0.2) is 38.2 Å². The Morgan fingerprint density at radius 1 is 1.41 bits per heavy atom. The number of amides is 1. The Hall–Kier alpha value is -3.27. The van der Waals surface area contributed by atoms with Crippen LogP contribution in [0.25, 0.3) is 11.2 Å². The molecule has 2 aromatic heterocycles. The number of nitrogens with zero attached hydrogens (tertiary/aromatic N) is 4. The van der Waals surface area contributed by atoms with Gasteiger partial charge in [0.05, 0.1) is 24.4 Å². The summed E-state index contributed by atoms with van der Waals surface area (Å²) in [7, 11) is 1.67. The predicted octanol–water partition coefficient (Wildman–Crippen LogP) is 1.77. The van der Waals surface area contributed by atoms with Gasteiger partial charge in [-0.15, -0.1) is 0 Å². The molecule has 0 saturated carbocycles. The van der Waals surface area contributed by atoms with E-state index in [0.29, 0.717) is 35.6 Å². The number of halogens is 1. The molecule has 1 aromatic carbocycles. The van der Waals surface area contributed by atoms with Gasteiger partial charge in [-0.05, 0) is 37.5 Å². The lowest BCUT2D eigenvalue weighted by molar-refractivity contribution is 0.0591. The van der Waals surface area contributed by atoms with E-state index in [4.69, 9.17) is 10.5 Å². The zero-order chi connectivity index (χ0) is 20.7. The highest BCUT2D eigenvalue weighted by molar-refractivity contribution is 5.94. The monoisotopic (exact) mass is 400 g/mol. The number of benzene rings is 1. The molecular weight excluding hydrogens is 379 g/mol. The van der Waals surface area contributed by atoms with Crippen LogP contribution in [0.2, 0.25) is 0 Å². The lowest BCUT2D eigenvalue weighted by Gasteiger charge is -2.22. The fraction of sp³-hybridized carbons (Fsp3) is 0.368. The summed E-state index contributed by atoms with van der Waals surface area (Å²) in [6.45, 7) is 2.85. The molecule has 0 bridgehead atoms. The predicted molar refractivity (Wildman–Crippen MR) is 105 cm³/mol. The molecule has 10 heteroatoms. The Morgan fingerprint density at radius 3 is 2.90 bits per heavy atom. The van der Waals surface area contributed by atoms with Crippen molar-refractivity contribution >= 4 is 28.7 Å². The summed E-state index contributed by atoms with van der Waals surface area (Å²) in [6.07, 6.45) is 3.24. The number of primary amides is 1. The minimum atomic E-state index is -0.835. The molecule has 0 spiro atoms. The van der Waals surface area contributed by atoms with E-state index >= 15 is 0 Å². The maximum absolute atomic E-state index is 14.2. The van der Waals surface area contributed by atoms with E-state index in [1.54, 1.807) is 24.7 Å². The molecule has 9 nitrogen and oxygen atoms in total. The Kier molecular flexibility index (Phi) is 4.79. The minimum absolute atomic E-state index is 0.100. The zero-order valence-corrected chi connectivity index (χ0v) is 16.1. The molecule has 1 amide bonds. The number of carbonyl (C=O) groups is 1. The van der Waals surface area contributed by atoms with Crippen LogP contribution in [0, 0.1) is 12.7 Å². The van der Waals surface area contributed by atoms with Gasteiger partial charge in [0.15, 0.2) is 5.65 Å². The first-order valence-electron chi connectivity index (χ1n) is 9.25.